The molecule has 1 aliphatic rings. The van der Waals surface area contributed by atoms with Gasteiger partial charge in [0.25, 0.3) is 0 Å². The lowest BCUT2D eigenvalue weighted by Gasteiger charge is -2.19. The second kappa shape index (κ2) is 7.68. The van der Waals surface area contributed by atoms with Gasteiger partial charge in [0.2, 0.25) is 0 Å². The maximum absolute atomic E-state index is 8.39. The first-order valence-corrected chi connectivity index (χ1v) is 7.32. The summed E-state index contributed by atoms with van der Waals surface area (Å²) in [4.78, 5) is 7.48. The molecule has 0 radical (unpaired) electrons. The van der Waals surface area contributed by atoms with E-state index in [1.807, 2.05) is 24.3 Å². The summed E-state index contributed by atoms with van der Waals surface area (Å²) in [5.74, 6) is 0. The van der Waals surface area contributed by atoms with Crippen LogP contribution in [0.1, 0.15) is 22.3 Å². The molecule has 1 aliphatic heterocycles. The standard InChI is InChI=1S/C17H17N5.ClH/c18-16-13(9-11-21-22-19)5-3-7-15(16)17-14-6-2-1-4-12(14)8-10-20-17;/h1-7H,8-11,18H2;1H. The SMILES string of the molecule is Cl.[N-]=[N+]=NCCc1cccc(C2=NCCc3ccccc32)c1N. The predicted molar refractivity (Wildman–Crippen MR) is 96.5 cm³/mol. The van der Waals surface area contributed by atoms with E-state index in [9.17, 15) is 0 Å². The number of azide groups is 1. The fourth-order valence-corrected chi connectivity index (χ4v) is 2.83. The van der Waals surface area contributed by atoms with E-state index >= 15 is 0 Å². The molecule has 0 aliphatic carbocycles. The highest BCUT2D eigenvalue weighted by Gasteiger charge is 2.18. The molecule has 6 heteroatoms. The summed E-state index contributed by atoms with van der Waals surface area (Å²) in [7, 11) is 0. The Morgan fingerprint density at radius 1 is 1.13 bits per heavy atom. The first-order valence-electron chi connectivity index (χ1n) is 7.32. The molecule has 0 saturated carbocycles. The molecule has 23 heavy (non-hydrogen) atoms. The second-order valence-corrected chi connectivity index (χ2v) is 5.22. The lowest BCUT2D eigenvalue weighted by Crippen LogP contribution is -2.16. The maximum Gasteiger partial charge on any atom is 0.0742 e. The molecular weight excluding hydrogens is 310 g/mol. The lowest BCUT2D eigenvalue weighted by atomic mass is 9.91. The number of nitrogens with zero attached hydrogens (tertiary/aromatic N) is 4. The number of benzene rings is 2. The van der Waals surface area contributed by atoms with E-state index in [1.54, 1.807) is 0 Å². The van der Waals surface area contributed by atoms with E-state index in [0.29, 0.717) is 13.0 Å². The van der Waals surface area contributed by atoms with Crippen molar-refractivity contribution in [3.8, 4) is 0 Å². The van der Waals surface area contributed by atoms with Crippen LogP contribution in [-0.4, -0.2) is 18.8 Å². The summed E-state index contributed by atoms with van der Waals surface area (Å²) >= 11 is 0. The summed E-state index contributed by atoms with van der Waals surface area (Å²) in [5, 5.41) is 3.58. The number of rotatable bonds is 4. The van der Waals surface area contributed by atoms with Gasteiger partial charge in [-0.3, -0.25) is 4.99 Å². The number of anilines is 1. The van der Waals surface area contributed by atoms with Gasteiger partial charge in [0.1, 0.15) is 0 Å². The number of fused-ring (bicyclic) bond motifs is 1. The third-order valence-electron chi connectivity index (χ3n) is 3.92. The third kappa shape index (κ3) is 3.47. The fraction of sp³-hybridized carbons (Fsp3) is 0.235. The molecule has 0 bridgehead atoms. The molecule has 3 rings (SSSR count). The Labute approximate surface area is 141 Å². The smallest absolute Gasteiger partial charge is 0.0742 e. The van der Waals surface area contributed by atoms with Crippen LogP contribution in [-0.2, 0) is 12.8 Å². The number of nitrogens with two attached hydrogens (primary N) is 1. The Bertz CT molecular complexity index is 778. The molecule has 0 fully saturated rings. The van der Waals surface area contributed by atoms with Gasteiger partial charge in [-0.15, -0.1) is 12.4 Å². The quantitative estimate of drug-likeness (QED) is 0.392. The van der Waals surface area contributed by atoms with E-state index < -0.39 is 0 Å². The number of para-hydroxylation sites is 1. The van der Waals surface area contributed by atoms with Gasteiger partial charge in [0, 0.05) is 34.8 Å². The van der Waals surface area contributed by atoms with Crippen LogP contribution < -0.4 is 5.73 Å². The Morgan fingerprint density at radius 3 is 2.74 bits per heavy atom. The highest BCUT2D eigenvalue weighted by Crippen LogP contribution is 2.26. The molecule has 0 aromatic heterocycles. The second-order valence-electron chi connectivity index (χ2n) is 5.22. The van der Waals surface area contributed by atoms with E-state index in [4.69, 9.17) is 16.3 Å². The molecule has 0 spiro atoms. The van der Waals surface area contributed by atoms with Gasteiger partial charge in [-0.25, -0.2) is 0 Å². The fourth-order valence-electron chi connectivity index (χ4n) is 2.83. The van der Waals surface area contributed by atoms with Gasteiger partial charge in [-0.05, 0) is 29.5 Å². The molecule has 2 aromatic rings. The first kappa shape index (κ1) is 16.9. The summed E-state index contributed by atoms with van der Waals surface area (Å²) in [6, 6.07) is 14.3. The number of hydrogen-bond acceptors (Lipinski definition) is 3. The summed E-state index contributed by atoms with van der Waals surface area (Å²) in [6.07, 6.45) is 1.61. The number of halogens is 1. The predicted octanol–water partition coefficient (Wildman–Crippen LogP) is 3.94. The van der Waals surface area contributed by atoms with Gasteiger partial charge >= 0.3 is 0 Å². The van der Waals surface area contributed by atoms with E-state index in [0.717, 1.165) is 41.1 Å². The molecule has 0 atom stereocenters. The molecule has 1 heterocycles. The van der Waals surface area contributed by atoms with Crippen molar-refractivity contribution in [2.45, 2.75) is 12.8 Å². The van der Waals surface area contributed by atoms with Crippen LogP contribution in [0.25, 0.3) is 10.4 Å². The van der Waals surface area contributed by atoms with Crippen LogP contribution >= 0.6 is 12.4 Å². The van der Waals surface area contributed by atoms with Crippen molar-refractivity contribution in [1.82, 2.24) is 0 Å². The zero-order valence-electron chi connectivity index (χ0n) is 12.6. The maximum atomic E-state index is 8.39. The van der Waals surface area contributed by atoms with Crippen LogP contribution in [0.3, 0.4) is 0 Å². The van der Waals surface area contributed by atoms with Crippen LogP contribution in [0.2, 0.25) is 0 Å². The van der Waals surface area contributed by atoms with E-state index in [2.05, 4.69) is 28.2 Å². The van der Waals surface area contributed by atoms with Gasteiger partial charge < -0.3 is 5.73 Å². The van der Waals surface area contributed by atoms with Crippen molar-refractivity contribution < 1.29 is 0 Å². The van der Waals surface area contributed by atoms with Crippen LogP contribution in [0, 0.1) is 0 Å². The lowest BCUT2D eigenvalue weighted by molar-refractivity contribution is 0.942. The Balaban J connectivity index is 0.00000192. The Kier molecular flexibility index (Phi) is 5.63. The first-order chi connectivity index (χ1) is 10.8. The molecule has 0 saturated heterocycles. The molecule has 0 unspecified atom stereocenters. The average Bonchev–Trinajstić information content (AvgIpc) is 2.56. The van der Waals surface area contributed by atoms with Crippen molar-refractivity contribution in [3.63, 3.8) is 0 Å². The van der Waals surface area contributed by atoms with Crippen LogP contribution in [0.4, 0.5) is 5.69 Å². The zero-order valence-corrected chi connectivity index (χ0v) is 13.5. The van der Waals surface area contributed by atoms with Crippen molar-refractivity contribution in [2.24, 2.45) is 10.1 Å². The van der Waals surface area contributed by atoms with Crippen molar-refractivity contribution in [1.29, 1.82) is 0 Å². The van der Waals surface area contributed by atoms with Gasteiger partial charge in [0.05, 0.1) is 5.71 Å². The van der Waals surface area contributed by atoms with Crippen LogP contribution in [0.5, 0.6) is 0 Å². The highest BCUT2D eigenvalue weighted by molar-refractivity contribution is 6.17. The molecule has 0 amide bonds. The average molecular weight is 328 g/mol. The largest absolute Gasteiger partial charge is 0.398 e. The minimum Gasteiger partial charge on any atom is -0.398 e. The summed E-state index contributed by atoms with van der Waals surface area (Å²) in [5.41, 5.74) is 20.8. The van der Waals surface area contributed by atoms with Crippen molar-refractivity contribution in [3.05, 3.63) is 75.2 Å². The highest BCUT2D eigenvalue weighted by atomic mass is 35.5. The number of hydrogen-bond donors (Lipinski definition) is 1. The number of nitrogen functional groups attached to an aromatic ring is 1. The van der Waals surface area contributed by atoms with Crippen molar-refractivity contribution in [2.75, 3.05) is 18.8 Å². The third-order valence-corrected chi connectivity index (χ3v) is 3.92. The Morgan fingerprint density at radius 2 is 1.91 bits per heavy atom. The molecule has 118 valence electrons. The zero-order chi connectivity index (χ0) is 15.4. The van der Waals surface area contributed by atoms with E-state index in [-0.39, 0.29) is 12.4 Å². The monoisotopic (exact) mass is 327 g/mol. The minimum atomic E-state index is 0. The topological polar surface area (TPSA) is 87.1 Å². The van der Waals surface area contributed by atoms with Gasteiger partial charge in [-0.2, -0.15) is 0 Å². The normalized spacial score (nSPS) is 12.4. The number of aliphatic imine (C=N–C) groups is 1. The molecule has 5 nitrogen and oxygen atoms in total. The summed E-state index contributed by atoms with van der Waals surface area (Å²) < 4.78 is 0. The van der Waals surface area contributed by atoms with Crippen LogP contribution in [0.15, 0.2) is 52.6 Å². The Hall–Kier alpha value is -2.49. The van der Waals surface area contributed by atoms with Gasteiger partial charge in [0.15, 0.2) is 0 Å². The summed E-state index contributed by atoms with van der Waals surface area (Å²) in [6.45, 7) is 1.20. The molecule has 2 aromatic carbocycles. The van der Waals surface area contributed by atoms with Gasteiger partial charge in [-0.1, -0.05) is 47.6 Å². The molecular formula is C17H18ClN5. The van der Waals surface area contributed by atoms with Crippen molar-refractivity contribution >= 4 is 23.8 Å². The van der Waals surface area contributed by atoms with E-state index in [1.165, 1.54) is 5.56 Å². The molecule has 2 N–H and O–H groups in total. The minimum absolute atomic E-state index is 0.